The molecule has 0 fully saturated rings. The van der Waals surface area contributed by atoms with Crippen LogP contribution in [0.4, 0.5) is 0 Å². The summed E-state index contributed by atoms with van der Waals surface area (Å²) < 4.78 is 1.71. The van der Waals surface area contributed by atoms with Gasteiger partial charge < -0.3 is 0 Å². The number of nitrogens with zero attached hydrogens (tertiary/aromatic N) is 3. The van der Waals surface area contributed by atoms with E-state index in [9.17, 15) is 0 Å². The van der Waals surface area contributed by atoms with E-state index in [0.717, 1.165) is 29.0 Å². The lowest BCUT2D eigenvalue weighted by molar-refractivity contribution is 0.887. The Morgan fingerprint density at radius 2 is 1.89 bits per heavy atom. The van der Waals surface area contributed by atoms with Gasteiger partial charge in [-0.1, -0.05) is 41.9 Å². The molecule has 0 N–H and O–H groups in total. The SMILES string of the molecule is Cc1cc2nc(C)c(Cc3ccccc3)c(Cl)n2n1. The molecule has 0 radical (unpaired) electrons. The zero-order valence-electron chi connectivity index (χ0n) is 10.9. The summed E-state index contributed by atoms with van der Waals surface area (Å²) >= 11 is 6.47. The molecule has 2 heterocycles. The van der Waals surface area contributed by atoms with Crippen molar-refractivity contribution < 1.29 is 0 Å². The van der Waals surface area contributed by atoms with E-state index < -0.39 is 0 Å². The molecule has 3 rings (SSSR count). The summed E-state index contributed by atoms with van der Waals surface area (Å²) in [5, 5.41) is 5.03. The Bertz CT molecular complexity index is 732. The number of hydrogen-bond donors (Lipinski definition) is 0. The van der Waals surface area contributed by atoms with E-state index in [1.54, 1.807) is 4.52 Å². The molecule has 96 valence electrons. The van der Waals surface area contributed by atoms with Crippen LogP contribution in [-0.4, -0.2) is 14.6 Å². The van der Waals surface area contributed by atoms with Crippen LogP contribution in [0.2, 0.25) is 5.15 Å². The Morgan fingerprint density at radius 3 is 2.63 bits per heavy atom. The molecule has 19 heavy (non-hydrogen) atoms. The smallest absolute Gasteiger partial charge is 0.157 e. The number of benzene rings is 1. The molecule has 0 aliphatic heterocycles. The van der Waals surface area contributed by atoms with Crippen molar-refractivity contribution in [1.29, 1.82) is 0 Å². The van der Waals surface area contributed by atoms with Crippen LogP contribution >= 0.6 is 11.6 Å². The summed E-state index contributed by atoms with van der Waals surface area (Å²) in [5.41, 5.74) is 4.93. The lowest BCUT2D eigenvalue weighted by Crippen LogP contribution is -2.03. The van der Waals surface area contributed by atoms with Gasteiger partial charge in [-0.3, -0.25) is 0 Å². The van der Waals surface area contributed by atoms with Gasteiger partial charge in [0, 0.05) is 23.7 Å². The lowest BCUT2D eigenvalue weighted by atomic mass is 10.1. The van der Waals surface area contributed by atoms with Gasteiger partial charge in [0.05, 0.1) is 5.69 Å². The maximum atomic E-state index is 6.47. The third kappa shape index (κ3) is 2.22. The molecule has 0 aliphatic rings. The van der Waals surface area contributed by atoms with Crippen molar-refractivity contribution in [2.24, 2.45) is 0 Å². The van der Waals surface area contributed by atoms with Crippen molar-refractivity contribution >= 4 is 17.2 Å². The fourth-order valence-corrected chi connectivity index (χ4v) is 2.56. The van der Waals surface area contributed by atoms with Crippen molar-refractivity contribution in [3.05, 3.63) is 64.1 Å². The van der Waals surface area contributed by atoms with Crippen LogP contribution in [0.1, 0.15) is 22.5 Å². The second kappa shape index (κ2) is 4.67. The van der Waals surface area contributed by atoms with Crippen LogP contribution in [0.3, 0.4) is 0 Å². The predicted octanol–water partition coefficient (Wildman–Crippen LogP) is 3.59. The van der Waals surface area contributed by atoms with Crippen LogP contribution in [0.15, 0.2) is 36.4 Å². The maximum absolute atomic E-state index is 6.47. The number of fused-ring (bicyclic) bond motifs is 1. The highest BCUT2D eigenvalue weighted by atomic mass is 35.5. The first-order valence-electron chi connectivity index (χ1n) is 6.20. The summed E-state index contributed by atoms with van der Waals surface area (Å²) in [7, 11) is 0. The van der Waals surface area contributed by atoms with Crippen LogP contribution in [-0.2, 0) is 6.42 Å². The summed E-state index contributed by atoms with van der Waals surface area (Å²) in [4.78, 5) is 4.57. The standard InChI is InChI=1S/C15H14ClN3/c1-10-8-14-17-11(2)13(15(16)19(14)18-10)9-12-6-4-3-5-7-12/h3-8H,9H2,1-2H3. The van der Waals surface area contributed by atoms with E-state index in [1.165, 1.54) is 5.56 Å². The molecule has 3 aromatic rings. The van der Waals surface area contributed by atoms with Crippen molar-refractivity contribution in [2.75, 3.05) is 0 Å². The summed E-state index contributed by atoms with van der Waals surface area (Å²) in [5.74, 6) is 0. The number of hydrogen-bond acceptors (Lipinski definition) is 2. The molecule has 0 spiro atoms. The first kappa shape index (κ1) is 12.2. The monoisotopic (exact) mass is 271 g/mol. The van der Waals surface area contributed by atoms with Gasteiger partial charge in [-0.2, -0.15) is 5.10 Å². The van der Waals surface area contributed by atoms with Crippen LogP contribution in [0.5, 0.6) is 0 Å². The normalized spacial score (nSPS) is 11.1. The van der Waals surface area contributed by atoms with Crippen LogP contribution < -0.4 is 0 Å². The Balaban J connectivity index is 2.13. The average Bonchev–Trinajstić information content (AvgIpc) is 2.76. The Labute approximate surface area is 116 Å². The van der Waals surface area contributed by atoms with E-state index >= 15 is 0 Å². The minimum atomic E-state index is 0.652. The quantitative estimate of drug-likeness (QED) is 0.667. The summed E-state index contributed by atoms with van der Waals surface area (Å²) in [6.07, 6.45) is 0.771. The van der Waals surface area contributed by atoms with Gasteiger partial charge in [0.2, 0.25) is 0 Å². The van der Waals surface area contributed by atoms with Crippen LogP contribution in [0, 0.1) is 13.8 Å². The van der Waals surface area contributed by atoms with E-state index in [0.29, 0.717) is 5.15 Å². The Kier molecular flexibility index (Phi) is 2.99. The molecule has 0 saturated heterocycles. The number of halogens is 1. The molecule has 0 bridgehead atoms. The van der Waals surface area contributed by atoms with Crippen molar-refractivity contribution in [1.82, 2.24) is 14.6 Å². The molecule has 0 unspecified atom stereocenters. The predicted molar refractivity (Wildman–Crippen MR) is 76.7 cm³/mol. The fraction of sp³-hybridized carbons (Fsp3) is 0.200. The first-order chi connectivity index (χ1) is 9.15. The summed E-state index contributed by atoms with van der Waals surface area (Å²) in [6, 6.07) is 12.2. The highest BCUT2D eigenvalue weighted by Crippen LogP contribution is 2.23. The van der Waals surface area contributed by atoms with E-state index in [2.05, 4.69) is 22.2 Å². The van der Waals surface area contributed by atoms with E-state index in [1.807, 2.05) is 38.1 Å². The third-order valence-electron chi connectivity index (χ3n) is 3.19. The highest BCUT2D eigenvalue weighted by molar-refractivity contribution is 6.30. The maximum Gasteiger partial charge on any atom is 0.157 e. The number of aromatic nitrogens is 3. The van der Waals surface area contributed by atoms with Crippen LogP contribution in [0.25, 0.3) is 5.65 Å². The molecule has 0 atom stereocenters. The largest absolute Gasteiger partial charge is 0.233 e. The minimum Gasteiger partial charge on any atom is -0.233 e. The molecular weight excluding hydrogens is 258 g/mol. The topological polar surface area (TPSA) is 30.2 Å². The second-order valence-electron chi connectivity index (χ2n) is 4.68. The van der Waals surface area contributed by atoms with Gasteiger partial charge in [-0.25, -0.2) is 9.50 Å². The van der Waals surface area contributed by atoms with E-state index in [-0.39, 0.29) is 0 Å². The number of aryl methyl sites for hydroxylation is 2. The molecule has 1 aromatic carbocycles. The molecule has 0 saturated carbocycles. The zero-order chi connectivity index (χ0) is 13.4. The Hall–Kier alpha value is -1.87. The summed E-state index contributed by atoms with van der Waals surface area (Å²) in [6.45, 7) is 3.93. The van der Waals surface area contributed by atoms with E-state index in [4.69, 9.17) is 11.6 Å². The van der Waals surface area contributed by atoms with Crippen molar-refractivity contribution in [2.45, 2.75) is 20.3 Å². The lowest BCUT2D eigenvalue weighted by Gasteiger charge is -2.09. The molecule has 0 aliphatic carbocycles. The van der Waals surface area contributed by atoms with Gasteiger partial charge in [0.1, 0.15) is 5.15 Å². The molecule has 3 nitrogen and oxygen atoms in total. The average molecular weight is 272 g/mol. The van der Waals surface area contributed by atoms with Gasteiger partial charge >= 0.3 is 0 Å². The Morgan fingerprint density at radius 1 is 1.16 bits per heavy atom. The van der Waals surface area contributed by atoms with Gasteiger partial charge in [-0.05, 0) is 19.4 Å². The fourth-order valence-electron chi connectivity index (χ4n) is 2.23. The second-order valence-corrected chi connectivity index (χ2v) is 5.04. The molecular formula is C15H14ClN3. The molecule has 2 aromatic heterocycles. The zero-order valence-corrected chi connectivity index (χ0v) is 11.6. The molecule has 0 amide bonds. The molecule has 4 heteroatoms. The minimum absolute atomic E-state index is 0.652. The van der Waals surface area contributed by atoms with Gasteiger partial charge in [-0.15, -0.1) is 0 Å². The van der Waals surface area contributed by atoms with Crippen molar-refractivity contribution in [3.8, 4) is 0 Å². The van der Waals surface area contributed by atoms with Crippen molar-refractivity contribution in [3.63, 3.8) is 0 Å². The van der Waals surface area contributed by atoms with Gasteiger partial charge in [0.15, 0.2) is 5.65 Å². The highest BCUT2D eigenvalue weighted by Gasteiger charge is 2.13. The number of rotatable bonds is 2. The van der Waals surface area contributed by atoms with Gasteiger partial charge in [0.25, 0.3) is 0 Å². The third-order valence-corrected chi connectivity index (χ3v) is 3.58. The first-order valence-corrected chi connectivity index (χ1v) is 6.58.